The van der Waals surface area contributed by atoms with Gasteiger partial charge in [-0.1, -0.05) is 0 Å². The first-order valence-electron chi connectivity index (χ1n) is 4.09. The van der Waals surface area contributed by atoms with Crippen molar-refractivity contribution in [3.8, 4) is 0 Å². The van der Waals surface area contributed by atoms with Gasteiger partial charge < -0.3 is 9.47 Å². The number of ether oxygens (including phenoxy) is 2. The number of rotatable bonds is 0. The van der Waals surface area contributed by atoms with E-state index in [-0.39, 0.29) is 6.42 Å². The molecule has 3 nitrogen and oxygen atoms in total. The number of cyclic esters (lactones) is 1. The summed E-state index contributed by atoms with van der Waals surface area (Å²) in [6, 6.07) is 0. The minimum absolute atomic E-state index is 0.257. The van der Waals surface area contributed by atoms with Crippen LogP contribution in [0.25, 0.3) is 0 Å². The number of hydrogen-bond acceptors (Lipinski definition) is 3. The van der Waals surface area contributed by atoms with Crippen molar-refractivity contribution in [3.05, 3.63) is 0 Å². The third-order valence-electron chi connectivity index (χ3n) is 1.83. The lowest BCUT2D eigenvalue weighted by atomic mass is 10.2. The van der Waals surface area contributed by atoms with E-state index in [2.05, 4.69) is 9.47 Å². The second-order valence-electron chi connectivity index (χ2n) is 3.04. The number of alkyl halides is 6. The Morgan fingerprint density at radius 2 is 1.56 bits per heavy atom. The first kappa shape index (κ1) is 13.1. The maximum Gasteiger partial charge on any atom is 0.465 e. The van der Waals surface area contributed by atoms with E-state index in [4.69, 9.17) is 0 Å². The van der Waals surface area contributed by atoms with Crippen molar-refractivity contribution in [2.45, 2.75) is 31.0 Å². The van der Waals surface area contributed by atoms with Crippen LogP contribution in [-0.4, -0.2) is 30.7 Å². The summed E-state index contributed by atoms with van der Waals surface area (Å²) in [5.41, 5.74) is 0. The molecule has 1 saturated heterocycles. The molecule has 0 radical (unpaired) electrons. The molecule has 1 aliphatic heterocycles. The largest absolute Gasteiger partial charge is 0.465 e. The van der Waals surface area contributed by atoms with Gasteiger partial charge in [-0.05, 0) is 6.42 Å². The van der Waals surface area contributed by atoms with Crippen LogP contribution < -0.4 is 0 Å². The Balaban J connectivity index is 3.17. The summed E-state index contributed by atoms with van der Waals surface area (Å²) in [5.74, 6) is -6.43. The van der Waals surface area contributed by atoms with Gasteiger partial charge in [0.2, 0.25) is 0 Å². The van der Waals surface area contributed by atoms with E-state index < -0.39 is 37.1 Å². The number of carbonyl (C=O) groups is 1. The van der Waals surface area contributed by atoms with E-state index in [0.29, 0.717) is 0 Å². The Labute approximate surface area is 85.3 Å². The lowest BCUT2D eigenvalue weighted by Gasteiger charge is -2.34. The van der Waals surface area contributed by atoms with Crippen LogP contribution in [0.2, 0.25) is 0 Å². The fraction of sp³-hybridized carbons (Fsp3) is 0.857. The molecule has 0 aromatic heterocycles. The molecule has 16 heavy (non-hydrogen) atoms. The number of halogens is 6. The summed E-state index contributed by atoms with van der Waals surface area (Å²) in [5, 5.41) is 0. The van der Waals surface area contributed by atoms with Crippen LogP contribution in [0.3, 0.4) is 0 Å². The molecule has 0 unspecified atom stereocenters. The Hall–Kier alpha value is -0.990. The lowest BCUT2D eigenvalue weighted by Crippen LogP contribution is -2.61. The van der Waals surface area contributed by atoms with E-state index in [1.54, 1.807) is 0 Å². The van der Waals surface area contributed by atoms with Crippen LogP contribution in [0.4, 0.5) is 26.3 Å². The molecule has 0 spiro atoms. The minimum Gasteiger partial charge on any atom is -0.416 e. The molecule has 0 aromatic carbocycles. The molecule has 0 aromatic rings. The average molecular weight is 252 g/mol. The van der Waals surface area contributed by atoms with Gasteiger partial charge in [0.1, 0.15) is 0 Å². The van der Waals surface area contributed by atoms with Crippen LogP contribution in [0.1, 0.15) is 12.8 Å². The summed E-state index contributed by atoms with van der Waals surface area (Å²) >= 11 is 0. The molecular formula is C7H6F6O3. The molecule has 1 rings (SSSR count). The highest BCUT2D eigenvalue weighted by Gasteiger charge is 2.76. The van der Waals surface area contributed by atoms with Gasteiger partial charge in [-0.2, -0.15) is 26.3 Å². The van der Waals surface area contributed by atoms with E-state index in [1.165, 1.54) is 0 Å². The highest BCUT2D eigenvalue weighted by atomic mass is 19.4. The Bertz CT molecular complexity index is 267. The molecule has 0 atom stereocenters. The van der Waals surface area contributed by atoms with E-state index in [1.807, 2.05) is 0 Å². The highest BCUT2D eigenvalue weighted by molar-refractivity contribution is 5.70. The van der Waals surface area contributed by atoms with Crippen molar-refractivity contribution in [1.29, 1.82) is 0 Å². The Morgan fingerprint density at radius 1 is 1.06 bits per heavy atom. The lowest BCUT2D eigenvalue weighted by molar-refractivity contribution is -0.453. The van der Waals surface area contributed by atoms with Gasteiger partial charge in [-0.15, -0.1) is 0 Å². The van der Waals surface area contributed by atoms with Gasteiger partial charge in [-0.25, -0.2) is 0 Å². The zero-order valence-electron chi connectivity index (χ0n) is 7.61. The maximum absolute atomic E-state index is 12.3. The van der Waals surface area contributed by atoms with E-state index in [0.717, 1.165) is 0 Å². The summed E-state index contributed by atoms with van der Waals surface area (Å²) in [6.45, 7) is -0.856. The van der Waals surface area contributed by atoms with Crippen molar-refractivity contribution < 1.29 is 40.6 Å². The quantitative estimate of drug-likeness (QED) is 0.489. The summed E-state index contributed by atoms with van der Waals surface area (Å²) in [6.07, 6.45) is -12.5. The van der Waals surface area contributed by atoms with Crippen LogP contribution >= 0.6 is 0 Å². The third kappa shape index (κ3) is 2.08. The number of esters is 1. The maximum atomic E-state index is 12.3. The monoisotopic (exact) mass is 252 g/mol. The van der Waals surface area contributed by atoms with Crippen molar-refractivity contribution >= 4 is 5.97 Å². The summed E-state index contributed by atoms with van der Waals surface area (Å²) in [4.78, 5) is 10.7. The summed E-state index contributed by atoms with van der Waals surface area (Å²) < 4.78 is 81.1. The SMILES string of the molecule is O=C1CCCOC(C(F)(F)F)(C(F)(F)F)O1. The standard InChI is InChI=1S/C7H6F6O3/c8-6(9,10)5(7(11,12)13)15-3-1-2-4(14)16-5/h1-3H2. The zero-order chi connectivity index (χ0) is 12.6. The van der Waals surface area contributed by atoms with Crippen molar-refractivity contribution in [1.82, 2.24) is 0 Å². The predicted octanol–water partition coefficient (Wildman–Crippen LogP) is 2.16. The van der Waals surface area contributed by atoms with E-state index in [9.17, 15) is 31.1 Å². The molecule has 1 aliphatic rings. The average Bonchev–Trinajstić information content (AvgIpc) is 2.24. The predicted molar refractivity (Wildman–Crippen MR) is 36.1 cm³/mol. The number of hydrogen-bond donors (Lipinski definition) is 0. The van der Waals surface area contributed by atoms with E-state index >= 15 is 0 Å². The molecule has 0 saturated carbocycles. The van der Waals surface area contributed by atoms with Crippen LogP contribution in [0.15, 0.2) is 0 Å². The van der Waals surface area contributed by atoms with Gasteiger partial charge in [0.15, 0.2) is 0 Å². The van der Waals surface area contributed by atoms with Gasteiger partial charge in [0, 0.05) is 6.42 Å². The minimum atomic E-state index is -5.87. The molecular weight excluding hydrogens is 246 g/mol. The molecule has 0 bridgehead atoms. The Morgan fingerprint density at radius 3 is 2.00 bits per heavy atom. The fourth-order valence-electron chi connectivity index (χ4n) is 1.11. The first-order chi connectivity index (χ1) is 7.10. The van der Waals surface area contributed by atoms with Crippen LogP contribution in [0, 0.1) is 0 Å². The smallest absolute Gasteiger partial charge is 0.416 e. The van der Waals surface area contributed by atoms with Crippen LogP contribution in [0.5, 0.6) is 0 Å². The Kier molecular flexibility index (Phi) is 3.10. The molecule has 9 heteroatoms. The normalized spacial score (nSPS) is 22.5. The topological polar surface area (TPSA) is 35.5 Å². The van der Waals surface area contributed by atoms with Gasteiger partial charge in [0.05, 0.1) is 6.61 Å². The molecule has 0 amide bonds. The molecule has 1 fully saturated rings. The van der Waals surface area contributed by atoms with Gasteiger partial charge in [-0.3, -0.25) is 4.79 Å². The molecule has 0 N–H and O–H groups in total. The second-order valence-corrected chi connectivity index (χ2v) is 3.04. The zero-order valence-corrected chi connectivity index (χ0v) is 7.61. The second kappa shape index (κ2) is 3.79. The van der Waals surface area contributed by atoms with Crippen molar-refractivity contribution in [2.75, 3.05) is 6.61 Å². The molecule has 94 valence electrons. The number of carbonyl (C=O) groups excluding carboxylic acids is 1. The first-order valence-corrected chi connectivity index (χ1v) is 4.09. The molecule has 1 heterocycles. The summed E-state index contributed by atoms with van der Waals surface area (Å²) in [7, 11) is 0. The van der Waals surface area contributed by atoms with Crippen molar-refractivity contribution in [3.63, 3.8) is 0 Å². The van der Waals surface area contributed by atoms with Gasteiger partial charge in [0.25, 0.3) is 0 Å². The highest BCUT2D eigenvalue weighted by Crippen LogP contribution is 2.47. The molecule has 0 aliphatic carbocycles. The van der Waals surface area contributed by atoms with Crippen molar-refractivity contribution in [2.24, 2.45) is 0 Å². The van der Waals surface area contributed by atoms with Gasteiger partial charge >= 0.3 is 24.1 Å². The fourth-order valence-corrected chi connectivity index (χ4v) is 1.11. The third-order valence-corrected chi connectivity index (χ3v) is 1.83. The van der Waals surface area contributed by atoms with Crippen LogP contribution in [-0.2, 0) is 14.3 Å².